The monoisotopic (exact) mass is 1480 g/mol. The lowest BCUT2D eigenvalue weighted by atomic mass is 10.0. The molecule has 2 aliphatic carbocycles. The summed E-state index contributed by atoms with van der Waals surface area (Å²) < 4.78 is 32.9. The number of halogens is 4. The van der Waals surface area contributed by atoms with Gasteiger partial charge in [0.25, 0.3) is 0 Å². The maximum absolute atomic E-state index is 14.5. The Morgan fingerprint density at radius 3 is 1.47 bits per heavy atom. The average molecular weight is 1480 g/mol. The number of piperazine rings is 2. The van der Waals surface area contributed by atoms with E-state index in [1.54, 1.807) is 60.7 Å². The first kappa shape index (κ1) is 77.0. The highest BCUT2D eigenvalue weighted by atomic mass is 35.5. The smallest absolute Gasteiger partial charge is 0.423 e. The van der Waals surface area contributed by atoms with Gasteiger partial charge in [0, 0.05) is 133 Å². The predicted molar refractivity (Wildman–Crippen MR) is 399 cm³/mol. The number of hydrogen-bond acceptors (Lipinski definition) is 21. The fourth-order valence-electron chi connectivity index (χ4n) is 11.4. The Bertz CT molecular complexity index is 4070. The molecule has 2 aliphatic heterocycles. The lowest BCUT2D eigenvalue weighted by Crippen LogP contribution is -2.48. The van der Waals surface area contributed by atoms with Crippen LogP contribution in [0.5, 0.6) is 23.0 Å². The second-order valence-electron chi connectivity index (χ2n) is 26.5. The number of imide groups is 1. The molecule has 2 aromatic heterocycles. The molecular weight excluding hydrogens is 1390 g/mol. The molecule has 2 N–H and O–H groups in total. The Labute approximate surface area is 614 Å². The van der Waals surface area contributed by atoms with Crippen molar-refractivity contribution in [3.8, 4) is 23.0 Å². The standard InChI is InChI=1S/C41H51Cl2N7O8.C31H35Cl2N7O4/c1-11-28(51)21-25-20-27(48-18-16-47(17-19-48)26-12-13-26)14-15-29(25)49(38(53)57-40(2,3)4)33-23-32(44-24-45-33)46(8)37(52)50(39(54)58-41(5,6)7)36-34(42)30(55-9)22-31(56-10)35(36)43;1-5-22(41)15-19-14-21(40-12-10-39(11-13-40)20-6-7-20)8-9-23(19)36-26-17-27(35-18-34-26)38(2)31(42)37-30-28(32)24(43-3)16-25(44-4)29(30)33/h11,14-15,20,22-24,26H,1,12-13,16-19,21H2,2-10H3;5,8-9,14,16-18,20H,1,6-7,10-13,15H2,2-4H3,(H,37,42)(H,34,35,36). The van der Waals surface area contributed by atoms with Crippen LogP contribution in [0.4, 0.5) is 76.6 Å². The van der Waals surface area contributed by atoms with Gasteiger partial charge < -0.3 is 48.9 Å². The van der Waals surface area contributed by atoms with E-state index >= 15 is 0 Å². The molecule has 10 rings (SSSR count). The first-order chi connectivity index (χ1) is 48.5. The Hall–Kier alpha value is -9.18. The third-order valence-corrected chi connectivity index (χ3v) is 18.5. The molecule has 6 amide bonds. The van der Waals surface area contributed by atoms with Crippen molar-refractivity contribution in [2.45, 2.75) is 103 Å². The van der Waals surface area contributed by atoms with Gasteiger partial charge in [0.1, 0.15) is 95.9 Å². The van der Waals surface area contributed by atoms with Crippen LogP contribution in [-0.4, -0.2) is 184 Å². The summed E-state index contributed by atoms with van der Waals surface area (Å²) >= 11 is 26.3. The zero-order valence-corrected chi connectivity index (χ0v) is 62.4. The number of allylic oxidation sites excluding steroid dienone is 2. The van der Waals surface area contributed by atoms with Crippen LogP contribution in [0, 0.1) is 0 Å². The summed E-state index contributed by atoms with van der Waals surface area (Å²) in [5, 5.41) is 5.91. The minimum absolute atomic E-state index is 0.0000628. The number of methoxy groups -OCH3 is 4. The average Bonchev–Trinajstić information content (AvgIpc) is 1.03. The van der Waals surface area contributed by atoms with Crippen LogP contribution in [0.1, 0.15) is 78.4 Å². The molecule has 6 aromatic rings. The second-order valence-corrected chi connectivity index (χ2v) is 28.0. The molecule has 0 radical (unpaired) electrons. The number of carbonyl (C=O) groups is 6. The van der Waals surface area contributed by atoms with Crippen LogP contribution in [0.25, 0.3) is 0 Å². The predicted octanol–water partition coefficient (Wildman–Crippen LogP) is 14.2. The van der Waals surface area contributed by atoms with Crippen molar-refractivity contribution >= 4 is 140 Å². The number of rotatable bonds is 22. The van der Waals surface area contributed by atoms with Crippen molar-refractivity contribution in [2.75, 3.05) is 135 Å². The van der Waals surface area contributed by atoms with E-state index in [9.17, 15) is 28.8 Å². The molecule has 0 atom stereocenters. The summed E-state index contributed by atoms with van der Waals surface area (Å²) in [6.07, 6.45) is 8.35. The lowest BCUT2D eigenvalue weighted by Gasteiger charge is -2.37. The van der Waals surface area contributed by atoms with E-state index in [0.717, 1.165) is 92.3 Å². The summed E-state index contributed by atoms with van der Waals surface area (Å²) in [5.41, 5.74) is 2.26. The van der Waals surface area contributed by atoms with E-state index in [4.69, 9.17) is 74.8 Å². The summed E-state index contributed by atoms with van der Waals surface area (Å²) in [4.78, 5) is 112. The molecule has 4 heterocycles. The molecule has 0 unspecified atom stereocenters. The molecule has 0 bridgehead atoms. The number of ketones is 2. The fourth-order valence-corrected chi connectivity index (χ4v) is 12.7. The van der Waals surface area contributed by atoms with Gasteiger partial charge in [0.05, 0.1) is 39.8 Å². The molecule has 26 nitrogen and oxygen atoms in total. The van der Waals surface area contributed by atoms with Crippen LogP contribution in [0.3, 0.4) is 0 Å². The summed E-state index contributed by atoms with van der Waals surface area (Å²) in [6.45, 7) is 24.8. The van der Waals surface area contributed by atoms with Gasteiger partial charge in [-0.3, -0.25) is 29.2 Å². The Kier molecular flexibility index (Phi) is 25.1. The third-order valence-electron chi connectivity index (χ3n) is 17.0. The van der Waals surface area contributed by atoms with E-state index in [0.29, 0.717) is 33.8 Å². The highest BCUT2D eigenvalue weighted by molar-refractivity contribution is 6.43. The van der Waals surface area contributed by atoms with Gasteiger partial charge in [0.2, 0.25) is 0 Å². The minimum atomic E-state index is -1.11. The minimum Gasteiger partial charge on any atom is -0.495 e. The topological polar surface area (TPSA) is 259 Å². The Balaban J connectivity index is 0.000000246. The maximum atomic E-state index is 14.5. The molecule has 4 aromatic carbocycles. The summed E-state index contributed by atoms with van der Waals surface area (Å²) in [5.74, 6) is 1.05. The number of anilines is 10. The fraction of sp³-hybridized carbons (Fsp3) is 0.417. The molecule has 2 saturated carbocycles. The van der Waals surface area contributed by atoms with Crippen LogP contribution in [0.2, 0.25) is 20.1 Å². The van der Waals surface area contributed by atoms with Gasteiger partial charge in [-0.05, 0) is 127 Å². The summed E-state index contributed by atoms with van der Waals surface area (Å²) in [6, 6.07) is 17.4. The number of amides is 6. The van der Waals surface area contributed by atoms with Crippen LogP contribution in [-0.2, 0) is 31.9 Å². The quantitative estimate of drug-likeness (QED) is 0.0599. The number of ether oxygens (including phenoxy) is 6. The van der Waals surface area contributed by atoms with Crippen molar-refractivity contribution in [1.29, 1.82) is 0 Å². The van der Waals surface area contributed by atoms with E-state index in [1.807, 2.05) is 24.3 Å². The number of aromatic nitrogens is 4. The van der Waals surface area contributed by atoms with E-state index in [2.05, 4.69) is 69.4 Å². The largest absolute Gasteiger partial charge is 0.495 e. The van der Waals surface area contributed by atoms with E-state index < -0.39 is 35.5 Å². The SMILES string of the molecule is C=CC(=O)Cc1cc(N2CCN(C3CC3)CC2)ccc1N(C(=O)OC(C)(C)C)c1cc(N(C)C(=O)N(C(=O)OC(C)(C)C)c2c(Cl)c(OC)cc(OC)c2Cl)ncn1.C=CC(=O)Cc1cc(N2CCN(C3CC3)CC2)ccc1Nc1cc(N(C)C(=O)Nc2c(Cl)c(OC)cc(OC)c2Cl)ncn1. The molecule has 544 valence electrons. The normalized spacial score (nSPS) is 14.8. The number of carbonyl (C=O) groups excluding carboxylic acids is 6. The Morgan fingerprint density at radius 1 is 0.549 bits per heavy atom. The van der Waals surface area contributed by atoms with Crippen molar-refractivity contribution in [3.05, 3.63) is 130 Å². The molecular formula is C72H86Cl4N14O12. The first-order valence-corrected chi connectivity index (χ1v) is 34.5. The lowest BCUT2D eigenvalue weighted by molar-refractivity contribution is -0.114. The van der Waals surface area contributed by atoms with Crippen LogP contribution < -0.4 is 59.0 Å². The van der Waals surface area contributed by atoms with Gasteiger partial charge >= 0.3 is 24.2 Å². The van der Waals surface area contributed by atoms with E-state index in [-0.39, 0.29) is 90.5 Å². The second kappa shape index (κ2) is 33.3. The van der Waals surface area contributed by atoms with Gasteiger partial charge in [-0.2, -0.15) is 4.90 Å². The van der Waals surface area contributed by atoms with Crippen LogP contribution >= 0.6 is 46.4 Å². The van der Waals surface area contributed by atoms with Gasteiger partial charge in [0.15, 0.2) is 11.6 Å². The molecule has 2 saturated heterocycles. The number of benzene rings is 4. The van der Waals surface area contributed by atoms with Gasteiger partial charge in [-0.15, -0.1) is 0 Å². The van der Waals surface area contributed by atoms with Crippen molar-refractivity contribution in [3.63, 3.8) is 0 Å². The van der Waals surface area contributed by atoms with E-state index in [1.165, 1.54) is 108 Å². The zero-order valence-electron chi connectivity index (χ0n) is 59.3. The maximum Gasteiger partial charge on any atom is 0.423 e. The summed E-state index contributed by atoms with van der Waals surface area (Å²) in [7, 11) is 8.51. The van der Waals surface area contributed by atoms with Crippen molar-refractivity contribution < 1.29 is 57.2 Å². The van der Waals surface area contributed by atoms with Crippen molar-refractivity contribution in [2.24, 2.45) is 0 Å². The number of nitrogens with one attached hydrogen (secondary N) is 2. The van der Waals surface area contributed by atoms with Gasteiger partial charge in [-0.25, -0.2) is 44.0 Å². The third kappa shape index (κ3) is 18.9. The number of urea groups is 2. The highest BCUT2D eigenvalue weighted by Crippen LogP contribution is 2.48. The molecule has 30 heteroatoms. The highest BCUT2D eigenvalue weighted by Gasteiger charge is 2.39. The molecule has 0 spiro atoms. The number of nitrogens with zero attached hydrogens (tertiary/aromatic N) is 12. The molecule has 4 fully saturated rings. The van der Waals surface area contributed by atoms with Crippen LogP contribution in [0.15, 0.2) is 98.6 Å². The Morgan fingerprint density at radius 2 is 0.990 bits per heavy atom. The molecule has 102 heavy (non-hydrogen) atoms. The molecule has 4 aliphatic rings. The van der Waals surface area contributed by atoms with Crippen molar-refractivity contribution in [1.82, 2.24) is 29.7 Å². The van der Waals surface area contributed by atoms with Gasteiger partial charge in [-0.1, -0.05) is 59.6 Å². The first-order valence-electron chi connectivity index (χ1n) is 33.0. The number of hydrogen-bond donors (Lipinski definition) is 2. The zero-order chi connectivity index (χ0) is 74.1.